The van der Waals surface area contributed by atoms with Gasteiger partial charge in [0.25, 0.3) is 5.91 Å². The maximum Gasteiger partial charge on any atom is 0.573 e. The van der Waals surface area contributed by atoms with Crippen molar-refractivity contribution in [2.75, 3.05) is 7.05 Å². The number of benzene rings is 1. The highest BCUT2D eigenvalue weighted by atomic mass is 19.4. The van der Waals surface area contributed by atoms with Gasteiger partial charge in [-0.1, -0.05) is 0 Å². The summed E-state index contributed by atoms with van der Waals surface area (Å²) in [4.78, 5) is 11.9. The number of likely N-dealkylation sites (N-methyl/N-ethyl adjacent to an activating group) is 1. The number of hydrogen-bond donors (Lipinski definition) is 2. The van der Waals surface area contributed by atoms with Crippen LogP contribution < -0.4 is 10.2 Å². The van der Waals surface area contributed by atoms with Crippen molar-refractivity contribution in [3.8, 4) is 5.75 Å². The van der Waals surface area contributed by atoms with Crippen LogP contribution in [0.4, 0.5) is 13.2 Å². The van der Waals surface area contributed by atoms with E-state index in [-0.39, 0.29) is 11.5 Å². The molecule has 1 aliphatic heterocycles. The van der Waals surface area contributed by atoms with Crippen LogP contribution in [0.3, 0.4) is 0 Å². The number of hydrogen-bond acceptors (Lipinski definition) is 5. The molecule has 2 N–H and O–H groups in total. The van der Waals surface area contributed by atoms with E-state index >= 15 is 0 Å². The molecule has 21 heavy (non-hydrogen) atoms. The Balaban J connectivity index is 2.31. The smallest absolute Gasteiger partial charge is 0.406 e. The van der Waals surface area contributed by atoms with Crippen LogP contribution in [0.5, 0.6) is 5.75 Å². The van der Waals surface area contributed by atoms with Gasteiger partial charge < -0.3 is 9.94 Å². The van der Waals surface area contributed by atoms with Gasteiger partial charge in [-0.05, 0) is 31.2 Å². The minimum Gasteiger partial charge on any atom is -0.406 e. The molecule has 2 rings (SSSR count). The minimum absolute atomic E-state index is 0.191. The lowest BCUT2D eigenvalue weighted by molar-refractivity contribution is -0.274. The number of nitrogens with one attached hydrogen (secondary N) is 1. The van der Waals surface area contributed by atoms with Crippen molar-refractivity contribution in [3.05, 3.63) is 29.8 Å². The molecule has 6 nitrogen and oxygen atoms in total. The van der Waals surface area contributed by atoms with Crippen LogP contribution in [0.25, 0.3) is 0 Å². The molecule has 0 fully saturated rings. The van der Waals surface area contributed by atoms with Crippen LogP contribution in [0.15, 0.2) is 29.4 Å². The van der Waals surface area contributed by atoms with Gasteiger partial charge in [0, 0.05) is 12.6 Å². The van der Waals surface area contributed by atoms with Crippen molar-refractivity contribution in [2.45, 2.75) is 18.8 Å². The number of ether oxygens (including phenoxy) is 1. The SMILES string of the molecule is CN1N=C(c2ccc(OC(F)(F)F)cc2)C(C)(NO)C1=O. The standard InChI is InChI=1S/C12H12F3N3O3/c1-11(17-20)9(16-18(2)10(11)19)7-3-5-8(6-4-7)21-12(13,14)15/h3-6,17,20H,1-2H3. The lowest BCUT2D eigenvalue weighted by atomic mass is 9.91. The Morgan fingerprint density at radius 1 is 1.33 bits per heavy atom. The van der Waals surface area contributed by atoms with Crippen LogP contribution in [0, 0.1) is 0 Å². The van der Waals surface area contributed by atoms with Crippen LogP contribution in [0.1, 0.15) is 12.5 Å². The summed E-state index contributed by atoms with van der Waals surface area (Å²) in [5, 5.41) is 14.2. The molecule has 0 spiro atoms. The normalized spacial score (nSPS) is 22.5. The van der Waals surface area contributed by atoms with E-state index in [4.69, 9.17) is 0 Å². The largest absolute Gasteiger partial charge is 0.573 e. The summed E-state index contributed by atoms with van der Waals surface area (Å²) in [6, 6.07) is 4.85. The highest BCUT2D eigenvalue weighted by Gasteiger charge is 2.46. The second-order valence-corrected chi connectivity index (χ2v) is 4.59. The highest BCUT2D eigenvalue weighted by molar-refractivity contribution is 6.23. The number of rotatable bonds is 3. The quantitative estimate of drug-likeness (QED) is 0.830. The third-order valence-electron chi connectivity index (χ3n) is 3.03. The number of hydrazone groups is 1. The number of amides is 1. The van der Waals surface area contributed by atoms with Gasteiger partial charge in [0.1, 0.15) is 5.75 Å². The molecule has 0 aliphatic carbocycles. The fourth-order valence-corrected chi connectivity index (χ4v) is 1.98. The Kier molecular flexibility index (Phi) is 3.64. The van der Waals surface area contributed by atoms with Crippen molar-refractivity contribution < 1.29 is 27.9 Å². The Bertz CT molecular complexity index is 586. The first-order valence-electron chi connectivity index (χ1n) is 5.82. The predicted molar refractivity (Wildman–Crippen MR) is 65.8 cm³/mol. The van der Waals surface area contributed by atoms with Crippen LogP contribution in [-0.4, -0.2) is 40.8 Å². The number of hydroxylamine groups is 1. The van der Waals surface area contributed by atoms with E-state index in [1.165, 1.54) is 26.1 Å². The van der Waals surface area contributed by atoms with E-state index in [1.807, 2.05) is 5.48 Å². The Morgan fingerprint density at radius 2 is 1.90 bits per heavy atom. The monoisotopic (exact) mass is 303 g/mol. The minimum atomic E-state index is -4.77. The van der Waals surface area contributed by atoms with E-state index < -0.39 is 17.8 Å². The molecule has 0 aromatic heterocycles. The molecular weight excluding hydrogens is 291 g/mol. The second-order valence-electron chi connectivity index (χ2n) is 4.59. The zero-order chi connectivity index (χ0) is 15.8. The van der Waals surface area contributed by atoms with E-state index in [0.717, 1.165) is 17.1 Å². The Hall–Kier alpha value is -2.13. The van der Waals surface area contributed by atoms with Crippen molar-refractivity contribution >= 4 is 11.6 Å². The van der Waals surface area contributed by atoms with Crippen LogP contribution in [-0.2, 0) is 4.79 Å². The third-order valence-corrected chi connectivity index (χ3v) is 3.03. The molecule has 1 aliphatic rings. The molecule has 0 bridgehead atoms. The van der Waals surface area contributed by atoms with E-state index in [2.05, 4.69) is 9.84 Å². The first-order valence-corrected chi connectivity index (χ1v) is 5.82. The van der Waals surface area contributed by atoms with Gasteiger partial charge in [0.2, 0.25) is 0 Å². The molecule has 9 heteroatoms. The molecule has 0 saturated heterocycles. The molecule has 114 valence electrons. The molecule has 1 amide bonds. The van der Waals surface area contributed by atoms with Gasteiger partial charge in [0.15, 0.2) is 5.54 Å². The molecule has 1 aromatic rings. The first-order chi connectivity index (χ1) is 9.67. The average molecular weight is 303 g/mol. The van der Waals surface area contributed by atoms with Crippen molar-refractivity contribution in [1.82, 2.24) is 10.5 Å². The number of halogens is 3. The molecule has 0 radical (unpaired) electrons. The molecule has 1 unspecified atom stereocenters. The van der Waals surface area contributed by atoms with Gasteiger partial charge in [-0.15, -0.1) is 13.2 Å². The van der Waals surface area contributed by atoms with E-state index in [9.17, 15) is 23.2 Å². The molecule has 1 heterocycles. The topological polar surface area (TPSA) is 74.2 Å². The lowest BCUT2D eigenvalue weighted by Crippen LogP contribution is -2.53. The van der Waals surface area contributed by atoms with Crippen LogP contribution >= 0.6 is 0 Å². The van der Waals surface area contributed by atoms with Crippen molar-refractivity contribution in [2.24, 2.45) is 5.10 Å². The average Bonchev–Trinajstić information content (AvgIpc) is 2.63. The number of carbonyl (C=O) groups excluding carboxylic acids is 1. The van der Waals surface area contributed by atoms with Crippen LogP contribution in [0.2, 0.25) is 0 Å². The zero-order valence-corrected chi connectivity index (χ0v) is 11.1. The van der Waals surface area contributed by atoms with E-state index in [0.29, 0.717) is 5.56 Å². The third kappa shape index (κ3) is 2.83. The van der Waals surface area contributed by atoms with Gasteiger partial charge >= 0.3 is 6.36 Å². The number of nitrogens with zero attached hydrogens (tertiary/aromatic N) is 2. The lowest BCUT2D eigenvalue weighted by Gasteiger charge is -2.21. The summed E-state index contributed by atoms with van der Waals surface area (Å²) in [5.41, 5.74) is 1.00. The predicted octanol–water partition coefficient (Wildman–Crippen LogP) is 1.50. The molecule has 1 aromatic carbocycles. The van der Waals surface area contributed by atoms with E-state index in [1.54, 1.807) is 0 Å². The molecule has 1 atom stereocenters. The molecular formula is C12H12F3N3O3. The summed E-state index contributed by atoms with van der Waals surface area (Å²) in [6.45, 7) is 1.41. The summed E-state index contributed by atoms with van der Waals surface area (Å²) in [6.07, 6.45) is -4.77. The van der Waals surface area contributed by atoms with Gasteiger partial charge in [-0.25, -0.2) is 5.01 Å². The summed E-state index contributed by atoms with van der Waals surface area (Å²) in [7, 11) is 1.41. The number of carbonyl (C=O) groups is 1. The summed E-state index contributed by atoms with van der Waals surface area (Å²) in [5.74, 6) is -0.876. The van der Waals surface area contributed by atoms with Crippen molar-refractivity contribution in [1.29, 1.82) is 0 Å². The van der Waals surface area contributed by atoms with Crippen molar-refractivity contribution in [3.63, 3.8) is 0 Å². The highest BCUT2D eigenvalue weighted by Crippen LogP contribution is 2.27. The summed E-state index contributed by atoms with van der Waals surface area (Å²) >= 11 is 0. The fraction of sp³-hybridized carbons (Fsp3) is 0.333. The zero-order valence-electron chi connectivity index (χ0n) is 11.1. The Labute approximate surface area is 117 Å². The second kappa shape index (κ2) is 5.01. The first kappa shape index (κ1) is 15.3. The molecule has 0 saturated carbocycles. The summed E-state index contributed by atoms with van der Waals surface area (Å²) < 4.78 is 40.0. The maximum absolute atomic E-state index is 12.1. The van der Waals surface area contributed by atoms with Gasteiger partial charge in [0.05, 0.1) is 5.71 Å². The maximum atomic E-state index is 12.1. The fourth-order valence-electron chi connectivity index (χ4n) is 1.98. The number of alkyl halides is 3. The Morgan fingerprint density at radius 3 is 2.38 bits per heavy atom. The van der Waals surface area contributed by atoms with Gasteiger partial charge in [-0.3, -0.25) is 4.79 Å². The van der Waals surface area contributed by atoms with Gasteiger partial charge in [-0.2, -0.15) is 10.6 Å².